The fourth-order valence-corrected chi connectivity index (χ4v) is 5.25. The lowest BCUT2D eigenvalue weighted by molar-refractivity contribution is 0.290. The standard InChI is InChI=1S/C14H22N2S2/c1-9-10(2)18-13(15-9)14(16-12-5-6-12)7-4-8-17-11(14)3/h11-12,16H,4-8H2,1-3H3. The van der Waals surface area contributed by atoms with Gasteiger partial charge in [0.1, 0.15) is 5.01 Å². The molecule has 1 aromatic rings. The molecule has 2 fully saturated rings. The Hall–Kier alpha value is -0.0600. The maximum Gasteiger partial charge on any atom is 0.114 e. The van der Waals surface area contributed by atoms with E-state index in [4.69, 9.17) is 4.98 Å². The van der Waals surface area contributed by atoms with Crippen molar-refractivity contribution in [1.82, 2.24) is 10.3 Å². The molecule has 1 aromatic heterocycles. The van der Waals surface area contributed by atoms with Gasteiger partial charge in [-0.15, -0.1) is 11.3 Å². The number of thioether (sulfide) groups is 1. The highest BCUT2D eigenvalue weighted by Crippen LogP contribution is 2.45. The average Bonchev–Trinajstić information content (AvgIpc) is 3.09. The van der Waals surface area contributed by atoms with Gasteiger partial charge in [-0.2, -0.15) is 11.8 Å². The van der Waals surface area contributed by atoms with Gasteiger partial charge in [-0.3, -0.25) is 0 Å². The minimum absolute atomic E-state index is 0.147. The van der Waals surface area contributed by atoms with Crippen molar-refractivity contribution in [3.05, 3.63) is 15.6 Å². The number of aryl methyl sites for hydroxylation is 2. The van der Waals surface area contributed by atoms with Gasteiger partial charge in [0.2, 0.25) is 0 Å². The summed E-state index contributed by atoms with van der Waals surface area (Å²) in [6, 6.07) is 0.746. The van der Waals surface area contributed by atoms with E-state index < -0.39 is 0 Å². The van der Waals surface area contributed by atoms with Gasteiger partial charge < -0.3 is 5.32 Å². The first-order valence-electron chi connectivity index (χ1n) is 6.95. The van der Waals surface area contributed by atoms with Crippen LogP contribution in [0.3, 0.4) is 0 Å². The Morgan fingerprint density at radius 3 is 2.67 bits per heavy atom. The second-order valence-corrected chi connectivity index (χ2v) is 8.32. The summed E-state index contributed by atoms with van der Waals surface area (Å²) in [6.45, 7) is 6.72. The molecule has 2 atom stereocenters. The molecule has 4 heteroatoms. The smallest absolute Gasteiger partial charge is 0.114 e. The first kappa shape index (κ1) is 12.9. The molecule has 1 N–H and O–H groups in total. The van der Waals surface area contributed by atoms with Gasteiger partial charge in [-0.1, -0.05) is 6.92 Å². The number of aromatic nitrogens is 1. The zero-order chi connectivity index (χ0) is 12.8. The molecule has 2 nitrogen and oxygen atoms in total. The predicted molar refractivity (Wildman–Crippen MR) is 80.6 cm³/mol. The van der Waals surface area contributed by atoms with E-state index in [2.05, 4.69) is 37.8 Å². The van der Waals surface area contributed by atoms with Crippen molar-refractivity contribution in [3.8, 4) is 0 Å². The molecule has 0 bridgehead atoms. The molecule has 0 spiro atoms. The third-order valence-electron chi connectivity index (χ3n) is 4.23. The minimum Gasteiger partial charge on any atom is -0.302 e. The van der Waals surface area contributed by atoms with Gasteiger partial charge in [0.25, 0.3) is 0 Å². The normalized spacial score (nSPS) is 32.7. The summed E-state index contributed by atoms with van der Waals surface area (Å²) in [5, 5.41) is 5.91. The van der Waals surface area contributed by atoms with E-state index in [-0.39, 0.29) is 5.54 Å². The number of rotatable bonds is 3. The molecule has 1 saturated carbocycles. The van der Waals surface area contributed by atoms with Crippen LogP contribution < -0.4 is 5.32 Å². The zero-order valence-corrected chi connectivity index (χ0v) is 13.1. The Morgan fingerprint density at radius 1 is 1.33 bits per heavy atom. The van der Waals surface area contributed by atoms with Gasteiger partial charge in [0.15, 0.2) is 0 Å². The van der Waals surface area contributed by atoms with Crippen LogP contribution in [-0.4, -0.2) is 22.0 Å². The minimum atomic E-state index is 0.147. The zero-order valence-electron chi connectivity index (χ0n) is 11.5. The summed E-state index contributed by atoms with van der Waals surface area (Å²) in [7, 11) is 0. The average molecular weight is 282 g/mol. The Balaban J connectivity index is 1.96. The Labute approximate surface area is 118 Å². The number of nitrogens with one attached hydrogen (secondary N) is 1. The first-order valence-corrected chi connectivity index (χ1v) is 8.82. The second-order valence-electron chi connectivity index (χ2n) is 5.67. The van der Waals surface area contributed by atoms with Crippen LogP contribution in [0.2, 0.25) is 0 Å². The van der Waals surface area contributed by atoms with Crippen molar-refractivity contribution in [2.45, 2.75) is 63.3 Å². The van der Waals surface area contributed by atoms with Gasteiger partial charge >= 0.3 is 0 Å². The summed E-state index contributed by atoms with van der Waals surface area (Å²) in [6.07, 6.45) is 5.27. The summed E-state index contributed by atoms with van der Waals surface area (Å²) in [5.41, 5.74) is 1.36. The van der Waals surface area contributed by atoms with E-state index in [1.807, 2.05) is 11.3 Å². The summed E-state index contributed by atoms with van der Waals surface area (Å²) in [4.78, 5) is 6.26. The molecule has 100 valence electrons. The molecule has 18 heavy (non-hydrogen) atoms. The largest absolute Gasteiger partial charge is 0.302 e. The maximum absolute atomic E-state index is 4.88. The van der Waals surface area contributed by atoms with Crippen LogP contribution in [0.4, 0.5) is 0 Å². The molecule has 2 heterocycles. The number of hydrogen-bond acceptors (Lipinski definition) is 4. The van der Waals surface area contributed by atoms with E-state index >= 15 is 0 Å². The van der Waals surface area contributed by atoms with Crippen LogP contribution in [0.25, 0.3) is 0 Å². The monoisotopic (exact) mass is 282 g/mol. The lowest BCUT2D eigenvalue weighted by Crippen LogP contribution is -2.52. The molecule has 2 unspecified atom stereocenters. The number of hydrogen-bond donors (Lipinski definition) is 1. The number of nitrogens with zero attached hydrogens (tertiary/aromatic N) is 1. The Kier molecular flexibility index (Phi) is 3.45. The van der Waals surface area contributed by atoms with Crippen LogP contribution in [0.15, 0.2) is 0 Å². The lowest BCUT2D eigenvalue weighted by Gasteiger charge is -2.42. The topological polar surface area (TPSA) is 24.9 Å². The molecule has 2 aliphatic rings. The molecule has 1 aliphatic heterocycles. The molecule has 0 aromatic carbocycles. The third kappa shape index (κ3) is 2.23. The fourth-order valence-electron chi connectivity index (χ4n) is 2.74. The van der Waals surface area contributed by atoms with Crippen molar-refractivity contribution >= 4 is 23.1 Å². The van der Waals surface area contributed by atoms with Crippen molar-refractivity contribution in [3.63, 3.8) is 0 Å². The highest BCUT2D eigenvalue weighted by molar-refractivity contribution is 8.00. The molecule has 0 radical (unpaired) electrons. The van der Waals surface area contributed by atoms with E-state index in [1.165, 1.54) is 47.0 Å². The number of thiazole rings is 1. The second kappa shape index (κ2) is 4.80. The van der Waals surface area contributed by atoms with E-state index in [0.29, 0.717) is 5.25 Å². The molecule has 0 amide bonds. The van der Waals surface area contributed by atoms with E-state index in [1.54, 1.807) is 0 Å². The quantitative estimate of drug-likeness (QED) is 0.916. The fraction of sp³-hybridized carbons (Fsp3) is 0.786. The molecule has 1 aliphatic carbocycles. The Bertz CT molecular complexity index is 420. The van der Waals surface area contributed by atoms with Crippen LogP contribution in [0, 0.1) is 13.8 Å². The van der Waals surface area contributed by atoms with Crippen LogP contribution in [0.5, 0.6) is 0 Å². The Morgan fingerprint density at radius 2 is 2.11 bits per heavy atom. The van der Waals surface area contributed by atoms with Crippen LogP contribution in [0.1, 0.15) is 48.2 Å². The summed E-state index contributed by atoms with van der Waals surface area (Å²) in [5.74, 6) is 1.30. The van der Waals surface area contributed by atoms with Crippen LogP contribution >= 0.6 is 23.1 Å². The van der Waals surface area contributed by atoms with Crippen molar-refractivity contribution in [1.29, 1.82) is 0 Å². The van der Waals surface area contributed by atoms with Gasteiger partial charge in [0.05, 0.1) is 11.2 Å². The van der Waals surface area contributed by atoms with Gasteiger partial charge in [-0.25, -0.2) is 4.98 Å². The molecular weight excluding hydrogens is 260 g/mol. The van der Waals surface area contributed by atoms with Crippen molar-refractivity contribution in [2.75, 3.05) is 5.75 Å². The summed E-state index contributed by atoms with van der Waals surface area (Å²) < 4.78 is 0. The molecule has 3 rings (SSSR count). The molecular formula is C14H22N2S2. The first-order chi connectivity index (χ1) is 8.62. The van der Waals surface area contributed by atoms with E-state index in [9.17, 15) is 0 Å². The molecule has 1 saturated heterocycles. The highest BCUT2D eigenvalue weighted by Gasteiger charge is 2.45. The van der Waals surface area contributed by atoms with E-state index in [0.717, 1.165) is 6.04 Å². The van der Waals surface area contributed by atoms with Crippen LogP contribution in [-0.2, 0) is 5.54 Å². The lowest BCUT2D eigenvalue weighted by atomic mass is 9.90. The van der Waals surface area contributed by atoms with Gasteiger partial charge in [0, 0.05) is 16.2 Å². The summed E-state index contributed by atoms with van der Waals surface area (Å²) >= 11 is 4.02. The maximum atomic E-state index is 4.88. The highest BCUT2D eigenvalue weighted by atomic mass is 32.2. The SMILES string of the molecule is Cc1nc(C2(NC3CC3)CCCSC2C)sc1C. The van der Waals surface area contributed by atoms with Crippen molar-refractivity contribution in [2.24, 2.45) is 0 Å². The van der Waals surface area contributed by atoms with Crippen molar-refractivity contribution < 1.29 is 0 Å². The van der Waals surface area contributed by atoms with Gasteiger partial charge in [-0.05, 0) is 45.3 Å². The third-order valence-corrected chi connectivity index (χ3v) is 6.90. The predicted octanol–water partition coefficient (Wildman–Crippen LogP) is 3.62.